The van der Waals surface area contributed by atoms with Crippen LogP contribution >= 0.6 is 0 Å². The number of pyridine rings is 2. The number of anilines is 1. The van der Waals surface area contributed by atoms with E-state index in [1.807, 2.05) is 51.0 Å². The van der Waals surface area contributed by atoms with Crippen molar-refractivity contribution in [3.8, 4) is 11.1 Å². The monoisotopic (exact) mass is 533 g/mol. The van der Waals surface area contributed by atoms with Crippen molar-refractivity contribution in [2.75, 3.05) is 31.5 Å². The molecule has 1 N–H and O–H groups in total. The Bertz CT molecular complexity index is 1330. The molecule has 3 aromatic heterocycles. The van der Waals surface area contributed by atoms with Crippen molar-refractivity contribution in [3.63, 3.8) is 0 Å². The zero-order valence-electron chi connectivity index (χ0n) is 23.4. The van der Waals surface area contributed by atoms with Gasteiger partial charge < -0.3 is 15.0 Å². The van der Waals surface area contributed by atoms with Gasteiger partial charge in [-0.25, -0.2) is 9.78 Å². The summed E-state index contributed by atoms with van der Waals surface area (Å²) in [6, 6.07) is 3.97. The van der Waals surface area contributed by atoms with Crippen LogP contribution in [0, 0.1) is 5.92 Å². The van der Waals surface area contributed by atoms with Gasteiger partial charge in [-0.1, -0.05) is 6.42 Å². The van der Waals surface area contributed by atoms with E-state index in [0.717, 1.165) is 41.7 Å². The minimum atomic E-state index is -0.534. The Labute approximate surface area is 229 Å². The molecule has 0 saturated carbocycles. The number of ether oxygens (including phenoxy) is 1. The lowest BCUT2D eigenvalue weighted by Gasteiger charge is -2.32. The summed E-state index contributed by atoms with van der Waals surface area (Å²) >= 11 is 0. The number of fused-ring (bicyclic) bond motifs is 1. The third kappa shape index (κ3) is 6.55. The first-order valence-electron chi connectivity index (χ1n) is 13.9. The maximum Gasteiger partial charge on any atom is 0.410 e. The third-order valence-corrected chi connectivity index (χ3v) is 7.53. The Morgan fingerprint density at radius 2 is 1.74 bits per heavy atom. The van der Waals surface area contributed by atoms with Crippen LogP contribution in [0.1, 0.15) is 58.6 Å². The summed E-state index contributed by atoms with van der Waals surface area (Å²) in [4.78, 5) is 38.6. The first-order valence-corrected chi connectivity index (χ1v) is 13.9. The Morgan fingerprint density at radius 1 is 1.00 bits per heavy atom. The second-order valence-corrected chi connectivity index (χ2v) is 11.7. The molecule has 5 rings (SSSR count). The molecule has 0 aromatic carbocycles. The molecule has 208 valence electrons. The fourth-order valence-electron chi connectivity index (χ4n) is 5.35. The number of aromatic nitrogens is 4. The maximum atomic E-state index is 13.0. The molecule has 0 unspecified atom stereocenters. The number of rotatable bonds is 5. The van der Waals surface area contributed by atoms with E-state index in [9.17, 15) is 9.59 Å². The zero-order chi connectivity index (χ0) is 27.6. The first-order chi connectivity index (χ1) is 18.7. The van der Waals surface area contributed by atoms with Crippen molar-refractivity contribution in [1.82, 2.24) is 29.5 Å². The molecule has 2 aliphatic heterocycles. The summed E-state index contributed by atoms with van der Waals surface area (Å²) in [6.45, 7) is 9.66. The predicted molar refractivity (Wildman–Crippen MR) is 150 cm³/mol. The van der Waals surface area contributed by atoms with E-state index in [0.29, 0.717) is 31.7 Å². The van der Waals surface area contributed by atoms with E-state index in [1.54, 1.807) is 11.1 Å². The van der Waals surface area contributed by atoms with Crippen LogP contribution in [0.25, 0.3) is 22.0 Å². The number of carbonyl (C=O) groups is 2. The number of piperidine rings is 2. The van der Waals surface area contributed by atoms with E-state index < -0.39 is 5.60 Å². The molecule has 3 aromatic rings. The maximum absolute atomic E-state index is 13.0. The van der Waals surface area contributed by atoms with Gasteiger partial charge in [-0.05, 0) is 71.7 Å². The second kappa shape index (κ2) is 11.3. The molecule has 2 fully saturated rings. The fraction of sp³-hybridized carbons (Fsp3) is 0.552. The van der Waals surface area contributed by atoms with Crippen LogP contribution in [0.2, 0.25) is 0 Å². The van der Waals surface area contributed by atoms with Crippen LogP contribution in [-0.4, -0.2) is 73.3 Å². The van der Waals surface area contributed by atoms with E-state index in [-0.39, 0.29) is 17.9 Å². The molecule has 10 heteroatoms. The Hall–Kier alpha value is -3.53. The average Bonchev–Trinajstić information content (AvgIpc) is 3.27. The smallest absolute Gasteiger partial charge is 0.410 e. The standard InChI is InChI=1S/C29H39N7O3/c1-29(2,3)39-28(38)36-12-8-20(9-13-36)27(37)33-26-15-21-14-22(16-30-24(21)18-31-26)23-17-32-34(4)25(23)19-35-10-6-5-7-11-35/h14-18,20H,5-13,19H2,1-4H3,(H,31,33,37). The molecule has 39 heavy (non-hydrogen) atoms. The summed E-state index contributed by atoms with van der Waals surface area (Å²) < 4.78 is 7.42. The predicted octanol–water partition coefficient (Wildman–Crippen LogP) is 4.60. The number of amides is 2. The second-order valence-electron chi connectivity index (χ2n) is 11.7. The van der Waals surface area contributed by atoms with Crippen LogP contribution in [-0.2, 0) is 23.1 Å². The molecular weight excluding hydrogens is 494 g/mol. The van der Waals surface area contributed by atoms with Gasteiger partial charge in [0.2, 0.25) is 5.91 Å². The van der Waals surface area contributed by atoms with Crippen molar-refractivity contribution >= 4 is 28.7 Å². The van der Waals surface area contributed by atoms with Crippen molar-refractivity contribution < 1.29 is 14.3 Å². The Balaban J connectivity index is 1.26. The quantitative estimate of drug-likeness (QED) is 0.511. The minimum absolute atomic E-state index is 0.0779. The van der Waals surface area contributed by atoms with Gasteiger partial charge >= 0.3 is 6.09 Å². The van der Waals surface area contributed by atoms with Crippen molar-refractivity contribution in [2.45, 2.75) is 65.0 Å². The molecule has 5 heterocycles. The van der Waals surface area contributed by atoms with Crippen molar-refractivity contribution in [1.29, 1.82) is 0 Å². The first kappa shape index (κ1) is 27.1. The summed E-state index contributed by atoms with van der Waals surface area (Å²) in [5.74, 6) is 0.241. The highest BCUT2D eigenvalue weighted by molar-refractivity contribution is 5.94. The highest BCUT2D eigenvalue weighted by atomic mass is 16.6. The number of hydrogen-bond donors (Lipinski definition) is 1. The van der Waals surface area contributed by atoms with Crippen LogP contribution in [0.15, 0.2) is 30.7 Å². The van der Waals surface area contributed by atoms with Gasteiger partial charge in [0.1, 0.15) is 11.4 Å². The highest BCUT2D eigenvalue weighted by Gasteiger charge is 2.30. The molecule has 0 spiro atoms. The number of carbonyl (C=O) groups excluding carboxylic acids is 2. The van der Waals surface area contributed by atoms with E-state index in [2.05, 4.69) is 31.3 Å². The van der Waals surface area contributed by atoms with Crippen LogP contribution < -0.4 is 5.32 Å². The number of hydrogen-bond acceptors (Lipinski definition) is 7. The van der Waals surface area contributed by atoms with E-state index in [1.165, 1.54) is 25.0 Å². The molecule has 2 aliphatic rings. The lowest BCUT2D eigenvalue weighted by molar-refractivity contribution is -0.121. The van der Waals surface area contributed by atoms with Gasteiger partial charge in [-0.2, -0.15) is 5.10 Å². The van der Waals surface area contributed by atoms with Crippen molar-refractivity contribution in [2.24, 2.45) is 13.0 Å². The third-order valence-electron chi connectivity index (χ3n) is 7.53. The topological polar surface area (TPSA) is 105 Å². The van der Waals surface area contributed by atoms with E-state index in [4.69, 9.17) is 4.74 Å². The van der Waals surface area contributed by atoms with Crippen molar-refractivity contribution in [3.05, 3.63) is 36.4 Å². The normalized spacial score (nSPS) is 17.4. The van der Waals surface area contributed by atoms with Gasteiger partial charge in [0, 0.05) is 55.3 Å². The summed E-state index contributed by atoms with van der Waals surface area (Å²) in [5, 5.41) is 8.43. The number of nitrogens with zero attached hydrogens (tertiary/aromatic N) is 6. The summed E-state index contributed by atoms with van der Waals surface area (Å²) in [7, 11) is 1.99. The molecule has 2 saturated heterocycles. The largest absolute Gasteiger partial charge is 0.444 e. The van der Waals surface area contributed by atoms with Gasteiger partial charge in [0.15, 0.2) is 0 Å². The Morgan fingerprint density at radius 3 is 2.46 bits per heavy atom. The van der Waals surface area contributed by atoms with Gasteiger partial charge in [-0.3, -0.25) is 19.4 Å². The lowest BCUT2D eigenvalue weighted by Crippen LogP contribution is -2.43. The number of nitrogens with one attached hydrogen (secondary N) is 1. The van der Waals surface area contributed by atoms with Gasteiger partial charge in [0.05, 0.1) is 23.6 Å². The fourth-order valence-corrected chi connectivity index (χ4v) is 5.35. The number of aryl methyl sites for hydroxylation is 1. The molecule has 0 aliphatic carbocycles. The van der Waals surface area contributed by atoms with Gasteiger partial charge in [-0.15, -0.1) is 0 Å². The van der Waals surface area contributed by atoms with Gasteiger partial charge in [0.25, 0.3) is 0 Å². The Kier molecular flexibility index (Phi) is 7.83. The summed E-state index contributed by atoms with van der Waals surface area (Å²) in [6.07, 6.45) is 10.1. The van der Waals surface area contributed by atoms with Crippen LogP contribution in [0.4, 0.5) is 10.6 Å². The van der Waals surface area contributed by atoms with Crippen LogP contribution in [0.3, 0.4) is 0 Å². The summed E-state index contributed by atoms with van der Waals surface area (Å²) in [5.41, 5.74) is 3.49. The molecule has 10 nitrogen and oxygen atoms in total. The number of likely N-dealkylation sites (tertiary alicyclic amines) is 2. The van der Waals surface area contributed by atoms with E-state index >= 15 is 0 Å². The molecule has 2 amide bonds. The SMILES string of the molecule is Cn1ncc(-c2cnc3cnc(NC(=O)C4CCN(C(=O)OC(C)(C)C)CC4)cc3c2)c1CN1CCCCC1. The molecule has 0 radical (unpaired) electrons. The molecule has 0 bridgehead atoms. The van der Waals surface area contributed by atoms with Crippen LogP contribution in [0.5, 0.6) is 0 Å². The molecule has 0 atom stereocenters. The molecular formula is C29H39N7O3. The minimum Gasteiger partial charge on any atom is -0.444 e. The average molecular weight is 534 g/mol. The lowest BCUT2D eigenvalue weighted by atomic mass is 9.96. The highest BCUT2D eigenvalue weighted by Crippen LogP contribution is 2.28. The zero-order valence-corrected chi connectivity index (χ0v) is 23.4.